The zero-order chi connectivity index (χ0) is 11.5. The normalized spacial score (nSPS) is 10.6. The van der Waals surface area contributed by atoms with Crippen LogP contribution in [0.4, 0.5) is 15.9 Å². The first-order valence-corrected chi connectivity index (χ1v) is 4.83. The Bertz CT molecular complexity index is 494. The van der Waals surface area contributed by atoms with Crippen molar-refractivity contribution in [2.24, 2.45) is 0 Å². The van der Waals surface area contributed by atoms with Crippen LogP contribution in [0.1, 0.15) is 5.56 Å². The molecule has 2 aromatic rings. The lowest BCUT2D eigenvalue weighted by Gasteiger charge is -2.04. The van der Waals surface area contributed by atoms with E-state index in [-0.39, 0.29) is 5.82 Å². The molecule has 0 bridgehead atoms. The molecule has 0 amide bonds. The van der Waals surface area contributed by atoms with Crippen LogP contribution in [0.15, 0.2) is 24.7 Å². The maximum atomic E-state index is 12.9. The molecule has 0 spiro atoms. The van der Waals surface area contributed by atoms with Gasteiger partial charge in [-0.05, 0) is 18.1 Å². The van der Waals surface area contributed by atoms with Crippen LogP contribution >= 0.6 is 0 Å². The third-order valence-corrected chi connectivity index (χ3v) is 2.23. The van der Waals surface area contributed by atoms with Crippen molar-refractivity contribution in [3.05, 3.63) is 36.0 Å². The molecule has 0 saturated carbocycles. The van der Waals surface area contributed by atoms with Crippen LogP contribution in [-0.4, -0.2) is 14.8 Å². The van der Waals surface area contributed by atoms with Gasteiger partial charge in [0.05, 0.1) is 18.1 Å². The standard InChI is InChI=1S/C10H12FN5/c11-8-3-7(10(13)14-4-8)1-2-16-6-9(12)5-15-16/h3-6H,1-2,12H2,(H2,13,14). The topological polar surface area (TPSA) is 82.8 Å². The van der Waals surface area contributed by atoms with E-state index in [0.29, 0.717) is 30.0 Å². The number of hydrogen-bond acceptors (Lipinski definition) is 4. The van der Waals surface area contributed by atoms with Crippen LogP contribution in [0.2, 0.25) is 0 Å². The Kier molecular flexibility index (Phi) is 2.72. The summed E-state index contributed by atoms with van der Waals surface area (Å²) in [6.07, 6.45) is 4.94. The van der Waals surface area contributed by atoms with Crippen LogP contribution in [-0.2, 0) is 13.0 Å². The summed E-state index contributed by atoms with van der Waals surface area (Å²) in [7, 11) is 0. The largest absolute Gasteiger partial charge is 0.396 e. The molecule has 2 aromatic heterocycles. The molecule has 0 unspecified atom stereocenters. The lowest BCUT2D eigenvalue weighted by atomic mass is 10.2. The monoisotopic (exact) mass is 221 g/mol. The molecule has 5 nitrogen and oxygen atoms in total. The highest BCUT2D eigenvalue weighted by Gasteiger charge is 2.03. The summed E-state index contributed by atoms with van der Waals surface area (Å²) in [4.78, 5) is 3.74. The van der Waals surface area contributed by atoms with E-state index in [9.17, 15) is 4.39 Å². The van der Waals surface area contributed by atoms with Crippen molar-refractivity contribution in [3.8, 4) is 0 Å². The van der Waals surface area contributed by atoms with Gasteiger partial charge >= 0.3 is 0 Å². The molecular formula is C10H12FN5. The molecule has 84 valence electrons. The number of hydrogen-bond donors (Lipinski definition) is 2. The molecule has 0 aromatic carbocycles. The quantitative estimate of drug-likeness (QED) is 0.804. The summed E-state index contributed by atoms with van der Waals surface area (Å²) in [6.45, 7) is 0.590. The summed E-state index contributed by atoms with van der Waals surface area (Å²) >= 11 is 0. The van der Waals surface area contributed by atoms with Crippen LogP contribution in [0, 0.1) is 5.82 Å². The van der Waals surface area contributed by atoms with E-state index in [0.717, 1.165) is 6.20 Å². The number of nitrogen functional groups attached to an aromatic ring is 2. The molecule has 0 aliphatic heterocycles. The first-order valence-electron chi connectivity index (χ1n) is 4.83. The Balaban J connectivity index is 2.07. The molecule has 16 heavy (non-hydrogen) atoms. The van der Waals surface area contributed by atoms with Crippen molar-refractivity contribution in [1.29, 1.82) is 0 Å². The fourth-order valence-corrected chi connectivity index (χ4v) is 1.43. The number of rotatable bonds is 3. The highest BCUT2D eigenvalue weighted by molar-refractivity contribution is 5.38. The lowest BCUT2D eigenvalue weighted by Crippen LogP contribution is -2.05. The number of nitrogens with zero attached hydrogens (tertiary/aromatic N) is 3. The predicted molar refractivity (Wildman–Crippen MR) is 59.0 cm³/mol. The lowest BCUT2D eigenvalue weighted by molar-refractivity contribution is 0.599. The minimum Gasteiger partial charge on any atom is -0.396 e. The predicted octanol–water partition coefficient (Wildman–Crippen LogP) is 0.824. The van der Waals surface area contributed by atoms with Crippen molar-refractivity contribution in [3.63, 3.8) is 0 Å². The summed E-state index contributed by atoms with van der Waals surface area (Å²) < 4.78 is 14.6. The summed E-state index contributed by atoms with van der Waals surface area (Å²) in [5, 5.41) is 4.02. The van der Waals surface area contributed by atoms with E-state index in [4.69, 9.17) is 11.5 Å². The fraction of sp³-hybridized carbons (Fsp3) is 0.200. The first-order chi connectivity index (χ1) is 7.65. The van der Waals surface area contributed by atoms with Gasteiger partial charge in [0.25, 0.3) is 0 Å². The van der Waals surface area contributed by atoms with Crippen molar-refractivity contribution < 1.29 is 4.39 Å². The van der Waals surface area contributed by atoms with Crippen LogP contribution < -0.4 is 11.5 Å². The zero-order valence-corrected chi connectivity index (χ0v) is 8.60. The molecule has 0 saturated heterocycles. The first kappa shape index (κ1) is 10.4. The molecule has 0 radical (unpaired) electrons. The summed E-state index contributed by atoms with van der Waals surface area (Å²) in [6, 6.07) is 1.38. The number of aryl methyl sites for hydroxylation is 2. The maximum Gasteiger partial charge on any atom is 0.141 e. The highest BCUT2D eigenvalue weighted by atomic mass is 19.1. The number of pyridine rings is 1. The van der Waals surface area contributed by atoms with E-state index >= 15 is 0 Å². The molecule has 0 aliphatic carbocycles. The molecule has 4 N–H and O–H groups in total. The molecule has 2 rings (SSSR count). The molecule has 6 heteroatoms. The van der Waals surface area contributed by atoms with Gasteiger partial charge in [0, 0.05) is 12.7 Å². The highest BCUT2D eigenvalue weighted by Crippen LogP contribution is 2.11. The zero-order valence-electron chi connectivity index (χ0n) is 8.60. The van der Waals surface area contributed by atoms with Crippen molar-refractivity contribution in [2.45, 2.75) is 13.0 Å². The van der Waals surface area contributed by atoms with E-state index < -0.39 is 0 Å². The van der Waals surface area contributed by atoms with E-state index in [1.165, 1.54) is 6.07 Å². The van der Waals surface area contributed by atoms with Gasteiger partial charge in [-0.15, -0.1) is 0 Å². The Morgan fingerprint density at radius 3 is 2.81 bits per heavy atom. The second kappa shape index (κ2) is 4.18. The minimum absolute atomic E-state index is 0.349. The third-order valence-electron chi connectivity index (χ3n) is 2.23. The SMILES string of the molecule is Nc1cnn(CCc2cc(F)cnc2N)c1. The van der Waals surface area contributed by atoms with E-state index in [1.54, 1.807) is 17.1 Å². The van der Waals surface area contributed by atoms with Gasteiger partial charge in [0.1, 0.15) is 11.6 Å². The Labute approximate surface area is 91.9 Å². The second-order valence-corrected chi connectivity index (χ2v) is 3.48. The molecule has 0 fully saturated rings. The van der Waals surface area contributed by atoms with Crippen LogP contribution in [0.25, 0.3) is 0 Å². The Hall–Kier alpha value is -2.11. The number of nitrogens with two attached hydrogens (primary N) is 2. The van der Waals surface area contributed by atoms with Gasteiger partial charge in [-0.25, -0.2) is 9.37 Å². The molecule has 2 heterocycles. The average molecular weight is 221 g/mol. The molecule has 0 aliphatic rings. The molecule has 0 atom stereocenters. The number of aromatic nitrogens is 3. The molecular weight excluding hydrogens is 209 g/mol. The van der Waals surface area contributed by atoms with Crippen molar-refractivity contribution in [1.82, 2.24) is 14.8 Å². The number of anilines is 2. The van der Waals surface area contributed by atoms with Crippen LogP contribution in [0.3, 0.4) is 0 Å². The van der Waals surface area contributed by atoms with Gasteiger partial charge in [0.15, 0.2) is 0 Å². The van der Waals surface area contributed by atoms with Gasteiger partial charge < -0.3 is 11.5 Å². The van der Waals surface area contributed by atoms with Gasteiger partial charge in [0.2, 0.25) is 0 Å². The summed E-state index contributed by atoms with van der Waals surface area (Å²) in [5.41, 5.74) is 12.4. The van der Waals surface area contributed by atoms with Crippen molar-refractivity contribution in [2.75, 3.05) is 11.5 Å². The second-order valence-electron chi connectivity index (χ2n) is 3.48. The van der Waals surface area contributed by atoms with E-state index in [2.05, 4.69) is 10.1 Å². The fourth-order valence-electron chi connectivity index (χ4n) is 1.43. The minimum atomic E-state index is -0.385. The third kappa shape index (κ3) is 2.28. The van der Waals surface area contributed by atoms with Gasteiger partial charge in [-0.3, -0.25) is 4.68 Å². The smallest absolute Gasteiger partial charge is 0.141 e. The Morgan fingerprint density at radius 1 is 1.31 bits per heavy atom. The Morgan fingerprint density at radius 2 is 2.12 bits per heavy atom. The van der Waals surface area contributed by atoms with E-state index in [1.807, 2.05) is 0 Å². The average Bonchev–Trinajstić information content (AvgIpc) is 2.66. The maximum absolute atomic E-state index is 12.9. The van der Waals surface area contributed by atoms with Gasteiger partial charge in [-0.2, -0.15) is 5.10 Å². The summed E-state index contributed by atoms with van der Waals surface area (Å²) in [5.74, 6) is -0.0364. The number of halogens is 1. The van der Waals surface area contributed by atoms with Crippen LogP contribution in [0.5, 0.6) is 0 Å². The van der Waals surface area contributed by atoms with Crippen molar-refractivity contribution >= 4 is 11.5 Å². The van der Waals surface area contributed by atoms with Gasteiger partial charge in [-0.1, -0.05) is 0 Å².